The number of carboxylic acids is 1. The average Bonchev–Trinajstić information content (AvgIpc) is 3.19. The molecular formula is C14H15N3O5. The zero-order valence-corrected chi connectivity index (χ0v) is 11.7. The number of aromatic nitrogens is 2. The number of hydrogen-bond donors (Lipinski definition) is 1. The summed E-state index contributed by atoms with van der Waals surface area (Å²) in [5, 5.41) is 8.96. The van der Waals surface area contributed by atoms with E-state index in [1.807, 2.05) is 4.57 Å². The molecule has 0 radical (unpaired) electrons. The predicted molar refractivity (Wildman–Crippen MR) is 73.3 cm³/mol. The van der Waals surface area contributed by atoms with E-state index < -0.39 is 12.1 Å². The minimum absolute atomic E-state index is 0.0196. The summed E-state index contributed by atoms with van der Waals surface area (Å²) in [6, 6.07) is 3.32. The highest BCUT2D eigenvalue weighted by Gasteiger charge is 2.30. The molecule has 1 amide bonds. The number of morpholine rings is 1. The van der Waals surface area contributed by atoms with Gasteiger partial charge in [-0.05, 0) is 12.1 Å². The summed E-state index contributed by atoms with van der Waals surface area (Å²) in [6.45, 7) is 1.05. The van der Waals surface area contributed by atoms with Gasteiger partial charge in [-0.15, -0.1) is 0 Å². The number of carboxylic acid groups (broad SMARTS) is 1. The maximum absolute atomic E-state index is 12.3. The Morgan fingerprint density at radius 2 is 2.27 bits per heavy atom. The van der Waals surface area contributed by atoms with Gasteiger partial charge in [-0.1, -0.05) is 0 Å². The second-order valence-corrected chi connectivity index (χ2v) is 4.95. The number of imidazole rings is 1. The van der Waals surface area contributed by atoms with Gasteiger partial charge in [0.25, 0.3) is 5.91 Å². The molecule has 2 aromatic rings. The Labute approximate surface area is 125 Å². The Morgan fingerprint density at radius 3 is 3.00 bits per heavy atom. The number of carbonyl (C=O) groups excluding carboxylic acids is 1. The van der Waals surface area contributed by atoms with Gasteiger partial charge in [-0.2, -0.15) is 0 Å². The number of amides is 1. The predicted octanol–water partition coefficient (Wildman–Crippen LogP) is 0.450. The van der Waals surface area contributed by atoms with Crippen molar-refractivity contribution in [1.29, 1.82) is 0 Å². The Bertz CT molecular complexity index is 664. The summed E-state index contributed by atoms with van der Waals surface area (Å²) in [4.78, 5) is 28.7. The molecule has 0 aliphatic carbocycles. The first-order valence-electron chi connectivity index (χ1n) is 6.81. The minimum atomic E-state index is -1.07. The van der Waals surface area contributed by atoms with Crippen LogP contribution in [0.5, 0.6) is 0 Å². The molecule has 0 saturated carbocycles. The van der Waals surface area contributed by atoms with Crippen LogP contribution in [0.25, 0.3) is 0 Å². The summed E-state index contributed by atoms with van der Waals surface area (Å²) in [5.74, 6) is -0.574. The SMILES string of the molecule is O=C(O)C1CN(C(=O)c2ccc(Cn3ccnc3)o2)CCO1. The van der Waals surface area contributed by atoms with Crippen LogP contribution in [0, 0.1) is 0 Å². The smallest absolute Gasteiger partial charge is 0.334 e. The fourth-order valence-electron chi connectivity index (χ4n) is 2.28. The number of rotatable bonds is 4. The number of aliphatic carboxylic acids is 1. The monoisotopic (exact) mass is 305 g/mol. The maximum Gasteiger partial charge on any atom is 0.334 e. The van der Waals surface area contributed by atoms with Crippen molar-refractivity contribution in [3.8, 4) is 0 Å². The topological polar surface area (TPSA) is 97.8 Å². The van der Waals surface area contributed by atoms with Gasteiger partial charge in [0.15, 0.2) is 11.9 Å². The lowest BCUT2D eigenvalue weighted by Crippen LogP contribution is -2.48. The first-order valence-corrected chi connectivity index (χ1v) is 6.81. The van der Waals surface area contributed by atoms with Crippen LogP contribution in [0.15, 0.2) is 35.3 Å². The van der Waals surface area contributed by atoms with Gasteiger partial charge in [0, 0.05) is 18.9 Å². The molecule has 1 saturated heterocycles. The minimum Gasteiger partial charge on any atom is -0.479 e. The molecule has 116 valence electrons. The third-order valence-corrected chi connectivity index (χ3v) is 3.40. The van der Waals surface area contributed by atoms with Crippen LogP contribution < -0.4 is 0 Å². The van der Waals surface area contributed by atoms with Crippen LogP contribution in [-0.2, 0) is 16.1 Å². The lowest BCUT2D eigenvalue weighted by molar-refractivity contribution is -0.154. The van der Waals surface area contributed by atoms with E-state index in [1.165, 1.54) is 4.90 Å². The van der Waals surface area contributed by atoms with Crippen LogP contribution in [0.1, 0.15) is 16.3 Å². The normalized spacial score (nSPS) is 18.4. The van der Waals surface area contributed by atoms with Crippen molar-refractivity contribution in [2.75, 3.05) is 19.7 Å². The highest BCUT2D eigenvalue weighted by atomic mass is 16.5. The molecule has 1 N–H and O–H groups in total. The van der Waals surface area contributed by atoms with Crippen molar-refractivity contribution in [1.82, 2.24) is 14.5 Å². The van der Waals surface area contributed by atoms with Crippen molar-refractivity contribution in [3.63, 3.8) is 0 Å². The maximum atomic E-state index is 12.3. The highest BCUT2D eigenvalue weighted by Crippen LogP contribution is 2.15. The van der Waals surface area contributed by atoms with Gasteiger partial charge in [0.1, 0.15) is 5.76 Å². The zero-order chi connectivity index (χ0) is 15.5. The second kappa shape index (κ2) is 6.02. The molecule has 22 heavy (non-hydrogen) atoms. The molecule has 8 heteroatoms. The molecule has 1 aliphatic rings. The number of ether oxygens (including phenoxy) is 1. The number of hydrogen-bond acceptors (Lipinski definition) is 5. The van der Waals surface area contributed by atoms with Crippen molar-refractivity contribution >= 4 is 11.9 Å². The molecular weight excluding hydrogens is 290 g/mol. The Balaban J connectivity index is 1.67. The molecule has 3 rings (SSSR count). The van der Waals surface area contributed by atoms with Crippen molar-refractivity contribution in [2.24, 2.45) is 0 Å². The largest absolute Gasteiger partial charge is 0.479 e. The average molecular weight is 305 g/mol. The Kier molecular flexibility index (Phi) is 3.92. The molecule has 3 heterocycles. The van der Waals surface area contributed by atoms with Crippen molar-refractivity contribution in [2.45, 2.75) is 12.6 Å². The van der Waals surface area contributed by atoms with Crippen LogP contribution in [0.4, 0.5) is 0 Å². The summed E-state index contributed by atoms with van der Waals surface area (Å²) in [7, 11) is 0. The summed E-state index contributed by atoms with van der Waals surface area (Å²) in [5.41, 5.74) is 0. The molecule has 0 aromatic carbocycles. The first-order chi connectivity index (χ1) is 10.6. The molecule has 0 spiro atoms. The number of nitrogens with zero attached hydrogens (tertiary/aromatic N) is 3. The Hall–Kier alpha value is -2.61. The van der Waals surface area contributed by atoms with E-state index in [0.29, 0.717) is 18.8 Å². The van der Waals surface area contributed by atoms with Gasteiger partial charge in [-0.25, -0.2) is 9.78 Å². The lowest BCUT2D eigenvalue weighted by atomic mass is 10.2. The standard InChI is InChI=1S/C14H15N3O5/c18-13(17-5-6-21-12(8-17)14(19)20)11-2-1-10(22-11)7-16-4-3-15-9-16/h1-4,9,12H,5-8H2,(H,19,20). The van der Waals surface area contributed by atoms with E-state index in [0.717, 1.165) is 0 Å². The molecule has 1 aliphatic heterocycles. The third kappa shape index (κ3) is 3.01. The zero-order valence-electron chi connectivity index (χ0n) is 11.7. The van der Waals surface area contributed by atoms with Gasteiger partial charge in [-0.3, -0.25) is 4.79 Å². The molecule has 2 aromatic heterocycles. The highest BCUT2D eigenvalue weighted by molar-refractivity contribution is 5.92. The molecule has 8 nitrogen and oxygen atoms in total. The van der Waals surface area contributed by atoms with Crippen molar-refractivity contribution < 1.29 is 23.8 Å². The fraction of sp³-hybridized carbons (Fsp3) is 0.357. The number of carbonyl (C=O) groups is 2. The van der Waals surface area contributed by atoms with Crippen molar-refractivity contribution in [3.05, 3.63) is 42.4 Å². The summed E-state index contributed by atoms with van der Waals surface area (Å²) >= 11 is 0. The number of furan rings is 1. The van der Waals surface area contributed by atoms with E-state index in [1.54, 1.807) is 30.9 Å². The molecule has 1 fully saturated rings. The quantitative estimate of drug-likeness (QED) is 0.880. The van der Waals surface area contributed by atoms with E-state index in [2.05, 4.69) is 4.98 Å². The van der Waals surface area contributed by atoms with Gasteiger partial charge < -0.3 is 23.7 Å². The van der Waals surface area contributed by atoms with E-state index in [-0.39, 0.29) is 24.8 Å². The van der Waals surface area contributed by atoms with Gasteiger partial charge >= 0.3 is 5.97 Å². The molecule has 1 unspecified atom stereocenters. The first kappa shape index (κ1) is 14.3. The van der Waals surface area contributed by atoms with Crippen LogP contribution in [-0.4, -0.2) is 57.2 Å². The van der Waals surface area contributed by atoms with Gasteiger partial charge in [0.2, 0.25) is 0 Å². The van der Waals surface area contributed by atoms with Crippen LogP contribution in [0.2, 0.25) is 0 Å². The lowest BCUT2D eigenvalue weighted by Gasteiger charge is -2.30. The van der Waals surface area contributed by atoms with E-state index in [9.17, 15) is 9.59 Å². The van der Waals surface area contributed by atoms with E-state index in [4.69, 9.17) is 14.3 Å². The molecule has 1 atom stereocenters. The third-order valence-electron chi connectivity index (χ3n) is 3.40. The van der Waals surface area contributed by atoms with E-state index >= 15 is 0 Å². The van der Waals surface area contributed by atoms with Gasteiger partial charge in [0.05, 0.1) is 26.0 Å². The fourth-order valence-corrected chi connectivity index (χ4v) is 2.28. The van der Waals surface area contributed by atoms with Crippen LogP contribution >= 0.6 is 0 Å². The summed E-state index contributed by atoms with van der Waals surface area (Å²) < 4.78 is 12.5. The Morgan fingerprint density at radius 1 is 1.41 bits per heavy atom. The molecule has 0 bridgehead atoms. The van der Waals surface area contributed by atoms with Crippen LogP contribution in [0.3, 0.4) is 0 Å². The summed E-state index contributed by atoms with van der Waals surface area (Å²) in [6.07, 6.45) is 4.12. The second-order valence-electron chi connectivity index (χ2n) is 4.95.